The quantitative estimate of drug-likeness (QED) is 0.838. The lowest BCUT2D eigenvalue weighted by Crippen LogP contribution is -2.52. The van der Waals surface area contributed by atoms with Crippen molar-refractivity contribution in [3.8, 4) is 5.75 Å². The van der Waals surface area contributed by atoms with Crippen LogP contribution in [0.1, 0.15) is 12.5 Å². The molecule has 7 heteroatoms. The van der Waals surface area contributed by atoms with Crippen LogP contribution in [0.2, 0.25) is 5.02 Å². The van der Waals surface area contributed by atoms with Gasteiger partial charge < -0.3 is 14.5 Å². The van der Waals surface area contributed by atoms with Crippen LogP contribution in [0, 0.1) is 6.92 Å². The average molecular weight is 361 g/mol. The van der Waals surface area contributed by atoms with Gasteiger partial charge in [-0.05, 0) is 43.7 Å². The van der Waals surface area contributed by atoms with E-state index in [2.05, 4.69) is 14.9 Å². The lowest BCUT2D eigenvalue weighted by Gasteiger charge is -2.35. The molecule has 1 fully saturated rings. The third-order valence-corrected chi connectivity index (χ3v) is 4.64. The number of halogens is 1. The number of carbonyl (C=O) groups excluding carboxylic acids is 1. The van der Waals surface area contributed by atoms with Crippen molar-refractivity contribution < 1.29 is 9.53 Å². The Kier molecular flexibility index (Phi) is 5.38. The second kappa shape index (κ2) is 7.70. The molecule has 0 aliphatic carbocycles. The van der Waals surface area contributed by atoms with Crippen LogP contribution in [-0.2, 0) is 4.79 Å². The molecule has 1 aromatic heterocycles. The van der Waals surface area contributed by atoms with Crippen LogP contribution in [0.4, 0.5) is 5.95 Å². The van der Waals surface area contributed by atoms with Gasteiger partial charge in [-0.3, -0.25) is 4.79 Å². The zero-order valence-corrected chi connectivity index (χ0v) is 15.1. The molecule has 0 bridgehead atoms. The molecule has 1 saturated heterocycles. The first-order chi connectivity index (χ1) is 12.0. The van der Waals surface area contributed by atoms with Gasteiger partial charge in [-0.15, -0.1) is 0 Å². The SMILES string of the molecule is Cc1cc(OC(C)C(=O)N2CCN(c3ncccn3)CC2)ccc1Cl. The van der Waals surface area contributed by atoms with Gasteiger partial charge in [0.15, 0.2) is 6.10 Å². The molecule has 25 heavy (non-hydrogen) atoms. The van der Waals surface area contributed by atoms with Crippen molar-refractivity contribution in [3.05, 3.63) is 47.2 Å². The van der Waals surface area contributed by atoms with Gasteiger partial charge in [0, 0.05) is 43.6 Å². The first kappa shape index (κ1) is 17.5. The molecular weight excluding hydrogens is 340 g/mol. The maximum absolute atomic E-state index is 12.6. The number of nitrogens with zero attached hydrogens (tertiary/aromatic N) is 4. The number of hydrogen-bond acceptors (Lipinski definition) is 5. The van der Waals surface area contributed by atoms with Crippen LogP contribution < -0.4 is 9.64 Å². The Bertz CT molecular complexity index is 733. The van der Waals surface area contributed by atoms with Crippen LogP contribution in [0.3, 0.4) is 0 Å². The lowest BCUT2D eigenvalue weighted by atomic mass is 10.2. The highest BCUT2D eigenvalue weighted by Gasteiger charge is 2.26. The molecule has 1 unspecified atom stereocenters. The highest BCUT2D eigenvalue weighted by molar-refractivity contribution is 6.31. The van der Waals surface area contributed by atoms with Gasteiger partial charge in [-0.25, -0.2) is 9.97 Å². The number of aromatic nitrogens is 2. The van der Waals surface area contributed by atoms with Crippen LogP contribution in [0.5, 0.6) is 5.75 Å². The summed E-state index contributed by atoms with van der Waals surface area (Å²) in [4.78, 5) is 25.0. The highest BCUT2D eigenvalue weighted by Crippen LogP contribution is 2.22. The van der Waals surface area contributed by atoms with E-state index in [-0.39, 0.29) is 5.91 Å². The first-order valence-corrected chi connectivity index (χ1v) is 8.66. The number of rotatable bonds is 4. The molecule has 1 amide bonds. The van der Waals surface area contributed by atoms with E-state index in [0.29, 0.717) is 42.9 Å². The fourth-order valence-corrected chi connectivity index (χ4v) is 2.90. The van der Waals surface area contributed by atoms with E-state index < -0.39 is 6.10 Å². The highest BCUT2D eigenvalue weighted by atomic mass is 35.5. The molecule has 1 aliphatic heterocycles. The van der Waals surface area contributed by atoms with Crippen molar-refractivity contribution in [1.29, 1.82) is 0 Å². The van der Waals surface area contributed by atoms with Gasteiger partial charge in [-0.1, -0.05) is 11.6 Å². The Morgan fingerprint density at radius 2 is 1.88 bits per heavy atom. The summed E-state index contributed by atoms with van der Waals surface area (Å²) in [6, 6.07) is 7.20. The number of hydrogen-bond donors (Lipinski definition) is 0. The van der Waals surface area contributed by atoms with E-state index >= 15 is 0 Å². The molecule has 0 saturated carbocycles. The Morgan fingerprint density at radius 3 is 2.52 bits per heavy atom. The first-order valence-electron chi connectivity index (χ1n) is 8.28. The maximum Gasteiger partial charge on any atom is 0.263 e. The van der Waals surface area contributed by atoms with Crippen molar-refractivity contribution in [3.63, 3.8) is 0 Å². The molecule has 0 N–H and O–H groups in total. The summed E-state index contributed by atoms with van der Waals surface area (Å²) in [5.41, 5.74) is 0.926. The average Bonchev–Trinajstić information content (AvgIpc) is 2.65. The van der Waals surface area contributed by atoms with E-state index in [0.717, 1.165) is 5.56 Å². The predicted octanol–water partition coefficient (Wildman–Crippen LogP) is 2.55. The minimum atomic E-state index is -0.542. The number of anilines is 1. The van der Waals surface area contributed by atoms with E-state index in [1.165, 1.54) is 0 Å². The van der Waals surface area contributed by atoms with Crippen molar-refractivity contribution in [1.82, 2.24) is 14.9 Å². The van der Waals surface area contributed by atoms with Crippen LogP contribution in [0.15, 0.2) is 36.7 Å². The molecule has 1 atom stereocenters. The maximum atomic E-state index is 12.6. The number of amides is 1. The third-order valence-electron chi connectivity index (χ3n) is 4.22. The smallest absolute Gasteiger partial charge is 0.263 e. The molecule has 3 rings (SSSR count). The van der Waals surface area contributed by atoms with Crippen molar-refractivity contribution in [2.75, 3.05) is 31.1 Å². The molecule has 2 heterocycles. The molecule has 2 aromatic rings. The van der Waals surface area contributed by atoms with Gasteiger partial charge in [-0.2, -0.15) is 0 Å². The molecular formula is C18H21ClN4O2. The second-order valence-electron chi connectivity index (χ2n) is 6.03. The normalized spacial score (nSPS) is 15.8. The molecule has 132 valence electrons. The minimum absolute atomic E-state index is 0.0127. The van der Waals surface area contributed by atoms with Crippen molar-refractivity contribution in [2.45, 2.75) is 20.0 Å². The zero-order chi connectivity index (χ0) is 17.8. The van der Waals surface area contributed by atoms with Gasteiger partial charge in [0.1, 0.15) is 5.75 Å². The summed E-state index contributed by atoms with van der Waals surface area (Å²) in [5, 5.41) is 0.686. The monoisotopic (exact) mass is 360 g/mol. The van der Waals surface area contributed by atoms with Gasteiger partial charge in [0.25, 0.3) is 5.91 Å². The summed E-state index contributed by atoms with van der Waals surface area (Å²) < 4.78 is 5.79. The van der Waals surface area contributed by atoms with Crippen LogP contribution >= 0.6 is 11.6 Å². The summed E-state index contributed by atoms with van der Waals surface area (Å²) in [5.74, 6) is 1.34. The van der Waals surface area contributed by atoms with Crippen LogP contribution in [-0.4, -0.2) is 53.1 Å². The summed E-state index contributed by atoms with van der Waals surface area (Å²) in [7, 11) is 0. The topological polar surface area (TPSA) is 58.6 Å². The van der Waals surface area contributed by atoms with Gasteiger partial charge >= 0.3 is 0 Å². The largest absolute Gasteiger partial charge is 0.481 e. The molecule has 6 nitrogen and oxygen atoms in total. The number of piperazine rings is 1. The lowest BCUT2D eigenvalue weighted by molar-refractivity contribution is -0.138. The zero-order valence-electron chi connectivity index (χ0n) is 14.4. The number of aryl methyl sites for hydroxylation is 1. The van der Waals surface area contributed by atoms with E-state index in [4.69, 9.17) is 16.3 Å². The standard InChI is InChI=1S/C18H21ClN4O2/c1-13-12-15(4-5-16(13)19)25-14(2)17(24)22-8-10-23(11-9-22)18-20-6-3-7-21-18/h3-7,12,14H,8-11H2,1-2H3. The fraction of sp³-hybridized carbons (Fsp3) is 0.389. The molecule has 1 aromatic carbocycles. The molecule has 1 aliphatic rings. The van der Waals surface area contributed by atoms with Crippen LogP contribution in [0.25, 0.3) is 0 Å². The second-order valence-corrected chi connectivity index (χ2v) is 6.44. The van der Waals surface area contributed by atoms with Gasteiger partial charge in [0.05, 0.1) is 0 Å². The number of benzene rings is 1. The Hall–Kier alpha value is -2.34. The van der Waals surface area contributed by atoms with Crippen molar-refractivity contribution in [2.24, 2.45) is 0 Å². The number of ether oxygens (including phenoxy) is 1. The fourth-order valence-electron chi connectivity index (χ4n) is 2.78. The summed E-state index contributed by atoms with van der Waals surface area (Å²) in [6.07, 6.45) is 2.91. The molecule has 0 radical (unpaired) electrons. The Balaban J connectivity index is 1.55. The third kappa shape index (κ3) is 4.20. The molecule has 0 spiro atoms. The summed E-state index contributed by atoms with van der Waals surface area (Å²) >= 11 is 6.02. The summed E-state index contributed by atoms with van der Waals surface area (Å²) in [6.45, 7) is 6.37. The van der Waals surface area contributed by atoms with E-state index in [9.17, 15) is 4.79 Å². The predicted molar refractivity (Wildman–Crippen MR) is 97.1 cm³/mol. The van der Waals surface area contributed by atoms with Gasteiger partial charge in [0.2, 0.25) is 5.95 Å². The number of carbonyl (C=O) groups is 1. The van der Waals surface area contributed by atoms with E-state index in [1.54, 1.807) is 37.5 Å². The Morgan fingerprint density at radius 1 is 1.20 bits per heavy atom. The van der Waals surface area contributed by atoms with E-state index in [1.807, 2.05) is 17.9 Å². The minimum Gasteiger partial charge on any atom is -0.481 e. The van der Waals surface area contributed by atoms with Crippen molar-refractivity contribution >= 4 is 23.5 Å². The Labute approximate surface area is 152 Å².